The monoisotopic (exact) mass is 456 g/mol. The van der Waals surface area contributed by atoms with Crippen molar-refractivity contribution in [2.24, 2.45) is 4.99 Å². The highest BCUT2D eigenvalue weighted by Gasteiger charge is 2.38. The topological polar surface area (TPSA) is 105 Å². The van der Waals surface area contributed by atoms with Crippen LogP contribution in [0.2, 0.25) is 0 Å². The third kappa shape index (κ3) is 3.97. The Hall–Kier alpha value is -3.34. The first-order valence-electron chi connectivity index (χ1n) is 10.9. The average molecular weight is 457 g/mol. The zero-order valence-corrected chi connectivity index (χ0v) is 18.7. The van der Waals surface area contributed by atoms with Gasteiger partial charge in [-0.1, -0.05) is 0 Å². The quantitative estimate of drug-likeness (QED) is 0.527. The summed E-state index contributed by atoms with van der Waals surface area (Å²) in [6.07, 6.45) is 4.22. The predicted molar refractivity (Wildman–Crippen MR) is 123 cm³/mol. The number of fused-ring (bicyclic) bond motifs is 2. The molecule has 3 N–H and O–H groups in total. The Balaban J connectivity index is 1.54. The summed E-state index contributed by atoms with van der Waals surface area (Å²) in [5.74, 6) is 1.63. The third-order valence-electron chi connectivity index (χ3n) is 6.12. The fraction of sp³-hybridized carbons (Fsp3) is 0.455. The Labute approximate surface area is 189 Å². The van der Waals surface area contributed by atoms with E-state index in [1.165, 1.54) is 4.57 Å². The van der Waals surface area contributed by atoms with Gasteiger partial charge < -0.3 is 20.3 Å². The highest BCUT2D eigenvalue weighted by Crippen LogP contribution is 2.34. The molecule has 0 atom stereocenters. The lowest BCUT2D eigenvalue weighted by molar-refractivity contribution is -0.0236. The summed E-state index contributed by atoms with van der Waals surface area (Å²) in [6, 6.07) is 2.03. The van der Waals surface area contributed by atoms with Crippen LogP contribution in [0.3, 0.4) is 0 Å². The minimum atomic E-state index is -2.48. The number of aliphatic imine (C=N–C) groups is 1. The second-order valence-electron chi connectivity index (χ2n) is 8.87. The van der Waals surface area contributed by atoms with Crippen LogP contribution >= 0.6 is 0 Å². The molecule has 1 fully saturated rings. The molecule has 5 rings (SSSR count). The molecule has 4 heterocycles. The van der Waals surface area contributed by atoms with Gasteiger partial charge in [0, 0.05) is 36.6 Å². The number of anilines is 2. The number of allylic oxidation sites excluding steroid dienone is 1. The highest BCUT2D eigenvalue weighted by atomic mass is 19.3. The molecule has 3 aromatic rings. The summed E-state index contributed by atoms with van der Waals surface area (Å²) >= 11 is 0. The van der Waals surface area contributed by atoms with Crippen molar-refractivity contribution in [3.63, 3.8) is 0 Å². The van der Waals surface area contributed by atoms with Crippen molar-refractivity contribution in [3.8, 4) is 0 Å². The summed E-state index contributed by atoms with van der Waals surface area (Å²) < 4.78 is 29.6. The van der Waals surface area contributed by atoms with E-state index in [2.05, 4.69) is 30.7 Å². The lowest BCUT2D eigenvalue weighted by atomic mass is 9.77. The molecule has 1 aliphatic heterocycles. The third-order valence-corrected chi connectivity index (χ3v) is 6.12. The highest BCUT2D eigenvalue weighted by molar-refractivity contribution is 6.19. The second kappa shape index (κ2) is 7.91. The molecule has 0 bridgehead atoms. The van der Waals surface area contributed by atoms with Crippen LogP contribution in [-0.2, 0) is 13.1 Å². The van der Waals surface area contributed by atoms with E-state index < -0.39 is 18.6 Å². The van der Waals surface area contributed by atoms with Crippen LogP contribution < -0.4 is 10.6 Å². The van der Waals surface area contributed by atoms with E-state index in [0.29, 0.717) is 48.4 Å². The van der Waals surface area contributed by atoms with Gasteiger partial charge in [-0.3, -0.25) is 4.99 Å². The molecule has 0 radical (unpaired) electrons. The number of halogens is 2. The molecule has 11 heteroatoms. The first-order valence-corrected chi connectivity index (χ1v) is 10.9. The SMILES string of the molecule is CNc1nc(NC2CC(C)(O)C2)nn2ccc(C3=Cc4c(nc(C)n4CC(F)F)CN=C3)c12. The maximum atomic E-state index is 13.2. The van der Waals surface area contributed by atoms with E-state index in [4.69, 9.17) is 0 Å². The van der Waals surface area contributed by atoms with Crippen LogP contribution in [0, 0.1) is 6.92 Å². The lowest BCUT2D eigenvalue weighted by Crippen LogP contribution is -2.48. The number of hydrogen-bond donors (Lipinski definition) is 3. The zero-order valence-electron chi connectivity index (χ0n) is 18.7. The fourth-order valence-electron chi connectivity index (χ4n) is 4.63. The van der Waals surface area contributed by atoms with Crippen LogP contribution in [0.25, 0.3) is 17.2 Å². The molecule has 0 amide bonds. The average Bonchev–Trinajstić information content (AvgIpc) is 3.19. The smallest absolute Gasteiger partial charge is 0.256 e. The number of hydrogen-bond acceptors (Lipinski definition) is 7. The van der Waals surface area contributed by atoms with E-state index in [0.717, 1.165) is 16.7 Å². The maximum absolute atomic E-state index is 13.2. The molecule has 0 aromatic carbocycles. The minimum Gasteiger partial charge on any atom is -0.390 e. The maximum Gasteiger partial charge on any atom is 0.256 e. The molecule has 33 heavy (non-hydrogen) atoms. The van der Waals surface area contributed by atoms with Gasteiger partial charge in [0.25, 0.3) is 6.43 Å². The Bertz CT molecular complexity index is 1270. The number of aryl methyl sites for hydroxylation is 1. The van der Waals surface area contributed by atoms with Gasteiger partial charge in [0.05, 0.1) is 30.1 Å². The van der Waals surface area contributed by atoms with Crippen molar-refractivity contribution >= 4 is 35.1 Å². The molecule has 0 saturated heterocycles. The number of rotatable bonds is 6. The normalized spacial score (nSPS) is 22.2. The largest absolute Gasteiger partial charge is 0.390 e. The van der Waals surface area contributed by atoms with Crippen LogP contribution in [0.15, 0.2) is 17.3 Å². The van der Waals surface area contributed by atoms with Crippen LogP contribution in [-0.4, -0.2) is 60.6 Å². The minimum absolute atomic E-state index is 0.116. The summed E-state index contributed by atoms with van der Waals surface area (Å²) in [7, 11) is 1.78. The van der Waals surface area contributed by atoms with Crippen LogP contribution in [0.4, 0.5) is 20.5 Å². The molecule has 1 saturated carbocycles. The van der Waals surface area contributed by atoms with Gasteiger partial charge in [-0.25, -0.2) is 18.3 Å². The Morgan fingerprint density at radius 3 is 2.79 bits per heavy atom. The number of aromatic nitrogens is 5. The van der Waals surface area contributed by atoms with Crippen molar-refractivity contribution in [1.29, 1.82) is 0 Å². The molecule has 174 valence electrons. The summed E-state index contributed by atoms with van der Waals surface area (Å²) in [5, 5.41) is 21.0. The number of aliphatic hydroxyl groups is 1. The van der Waals surface area contributed by atoms with Gasteiger partial charge >= 0.3 is 0 Å². The predicted octanol–water partition coefficient (Wildman–Crippen LogP) is 2.99. The van der Waals surface area contributed by atoms with Gasteiger partial charge in [0.15, 0.2) is 5.82 Å². The van der Waals surface area contributed by atoms with Crippen molar-refractivity contribution in [2.45, 2.75) is 57.8 Å². The number of alkyl halides is 2. The second-order valence-corrected chi connectivity index (χ2v) is 8.87. The first-order chi connectivity index (χ1) is 15.7. The Kier molecular flexibility index (Phi) is 5.15. The van der Waals surface area contributed by atoms with Gasteiger partial charge in [0.1, 0.15) is 11.3 Å². The molecular weight excluding hydrogens is 430 g/mol. The van der Waals surface area contributed by atoms with E-state index in [1.807, 2.05) is 25.3 Å². The van der Waals surface area contributed by atoms with Gasteiger partial charge in [-0.05, 0) is 38.8 Å². The summed E-state index contributed by atoms with van der Waals surface area (Å²) in [4.78, 5) is 13.5. The molecule has 2 aliphatic rings. The molecule has 9 nitrogen and oxygen atoms in total. The van der Waals surface area contributed by atoms with E-state index in [1.54, 1.807) is 24.7 Å². The van der Waals surface area contributed by atoms with E-state index in [9.17, 15) is 13.9 Å². The number of imidazole rings is 1. The van der Waals surface area contributed by atoms with E-state index >= 15 is 0 Å². The van der Waals surface area contributed by atoms with Crippen molar-refractivity contribution < 1.29 is 13.9 Å². The van der Waals surface area contributed by atoms with Crippen LogP contribution in [0.5, 0.6) is 0 Å². The van der Waals surface area contributed by atoms with Crippen molar-refractivity contribution in [3.05, 3.63) is 35.0 Å². The molecule has 1 aliphatic carbocycles. The number of nitrogens with zero attached hydrogens (tertiary/aromatic N) is 6. The molecule has 0 unspecified atom stereocenters. The Morgan fingerprint density at radius 2 is 2.09 bits per heavy atom. The standard InChI is InChI=1S/C22H26F2N8O/c1-12-27-16-10-26-9-13(6-17(16)31(12)11-18(23)24)15-4-5-32-19(15)20(25-3)29-21(30-32)28-14-7-22(2,33)8-14/h4-6,9,14,18,33H,7-8,10-11H2,1-3H3,(H2,25,28,29,30). The fourth-order valence-corrected chi connectivity index (χ4v) is 4.63. The molecular formula is C22H26F2N8O. The number of nitrogens with one attached hydrogen (secondary N) is 2. The van der Waals surface area contributed by atoms with Crippen molar-refractivity contribution in [2.75, 3.05) is 17.7 Å². The first kappa shape index (κ1) is 21.5. The molecule has 0 spiro atoms. The Morgan fingerprint density at radius 1 is 1.30 bits per heavy atom. The van der Waals surface area contributed by atoms with Gasteiger partial charge in [-0.15, -0.1) is 5.10 Å². The van der Waals surface area contributed by atoms with Gasteiger partial charge in [0.2, 0.25) is 5.95 Å². The lowest BCUT2D eigenvalue weighted by Gasteiger charge is -2.41. The van der Waals surface area contributed by atoms with Crippen LogP contribution in [0.1, 0.15) is 42.5 Å². The van der Waals surface area contributed by atoms with E-state index in [-0.39, 0.29) is 6.04 Å². The summed E-state index contributed by atoms with van der Waals surface area (Å²) in [6.45, 7) is 3.45. The van der Waals surface area contributed by atoms with Gasteiger partial charge in [-0.2, -0.15) is 4.98 Å². The van der Waals surface area contributed by atoms with Crippen molar-refractivity contribution in [1.82, 2.24) is 24.1 Å². The summed E-state index contributed by atoms with van der Waals surface area (Å²) in [5.41, 5.74) is 3.02. The zero-order chi connectivity index (χ0) is 23.3. The molecule has 3 aromatic heterocycles.